The molecule has 0 atom stereocenters. The SMILES string of the molecule is CN(C)S(=O)(=O)c1cccc(C(=O)CNc2sc3c(c2C#N)CCCC3)c1. The summed E-state index contributed by atoms with van der Waals surface area (Å²) in [5.74, 6) is -0.221. The lowest BCUT2D eigenvalue weighted by atomic mass is 9.96. The number of ketones is 1. The molecule has 0 unspecified atom stereocenters. The molecule has 1 aliphatic rings. The number of hydrogen-bond donors (Lipinski definition) is 1. The number of nitriles is 1. The summed E-state index contributed by atoms with van der Waals surface area (Å²) in [5, 5.41) is 13.3. The van der Waals surface area contributed by atoms with Crippen molar-refractivity contribution in [3.8, 4) is 6.07 Å². The summed E-state index contributed by atoms with van der Waals surface area (Å²) < 4.78 is 25.6. The average molecular weight is 404 g/mol. The van der Waals surface area contributed by atoms with Crippen LogP contribution in [-0.2, 0) is 22.9 Å². The van der Waals surface area contributed by atoms with Gasteiger partial charge in [0, 0.05) is 24.5 Å². The number of thiophene rings is 1. The number of nitrogens with zero attached hydrogens (tertiary/aromatic N) is 2. The molecule has 6 nitrogen and oxygen atoms in total. The van der Waals surface area contributed by atoms with Crippen molar-refractivity contribution in [3.63, 3.8) is 0 Å². The van der Waals surface area contributed by atoms with Gasteiger partial charge >= 0.3 is 0 Å². The van der Waals surface area contributed by atoms with Crippen LogP contribution in [0.3, 0.4) is 0 Å². The fraction of sp³-hybridized carbons (Fsp3) is 0.368. The molecule has 0 bridgehead atoms. The molecule has 8 heteroatoms. The summed E-state index contributed by atoms with van der Waals surface area (Å²) in [5.41, 5.74) is 2.08. The summed E-state index contributed by atoms with van der Waals surface area (Å²) in [6.07, 6.45) is 4.11. The van der Waals surface area contributed by atoms with E-state index in [2.05, 4.69) is 11.4 Å². The van der Waals surface area contributed by atoms with E-state index in [1.165, 1.54) is 31.1 Å². The number of Topliss-reactive ketones (excluding diaryl/α,β-unsaturated/α-hetero) is 1. The fourth-order valence-corrected chi connectivity index (χ4v) is 5.30. The monoisotopic (exact) mass is 403 g/mol. The Kier molecular flexibility index (Phi) is 5.65. The summed E-state index contributed by atoms with van der Waals surface area (Å²) in [7, 11) is -0.690. The van der Waals surface area contributed by atoms with Crippen molar-refractivity contribution in [1.29, 1.82) is 5.26 Å². The van der Waals surface area contributed by atoms with Crippen LogP contribution in [0.2, 0.25) is 0 Å². The highest BCUT2D eigenvalue weighted by Crippen LogP contribution is 2.37. The first kappa shape index (κ1) is 19.5. The molecule has 0 aliphatic heterocycles. The van der Waals surface area contributed by atoms with E-state index >= 15 is 0 Å². The normalized spacial score (nSPS) is 13.9. The zero-order valence-corrected chi connectivity index (χ0v) is 16.9. The van der Waals surface area contributed by atoms with E-state index in [-0.39, 0.29) is 17.2 Å². The van der Waals surface area contributed by atoms with Gasteiger partial charge in [-0.2, -0.15) is 5.26 Å². The second-order valence-corrected chi connectivity index (χ2v) is 9.88. The third-order valence-corrected chi connectivity index (χ3v) is 7.69. The van der Waals surface area contributed by atoms with Crippen LogP contribution in [0, 0.1) is 11.3 Å². The van der Waals surface area contributed by atoms with Crippen molar-refractivity contribution in [2.75, 3.05) is 26.0 Å². The smallest absolute Gasteiger partial charge is 0.242 e. The summed E-state index contributed by atoms with van der Waals surface area (Å²) >= 11 is 1.55. The first-order chi connectivity index (χ1) is 12.8. The topological polar surface area (TPSA) is 90.3 Å². The number of hydrogen-bond acceptors (Lipinski definition) is 6. The number of rotatable bonds is 6. The van der Waals surface area contributed by atoms with Gasteiger partial charge in [-0.25, -0.2) is 12.7 Å². The van der Waals surface area contributed by atoms with E-state index in [1.54, 1.807) is 23.5 Å². The quantitative estimate of drug-likeness (QED) is 0.749. The third-order valence-electron chi connectivity index (χ3n) is 4.63. The molecule has 1 N–H and O–H groups in total. The van der Waals surface area contributed by atoms with Gasteiger partial charge in [0.2, 0.25) is 10.0 Å². The molecule has 1 aromatic carbocycles. The highest BCUT2D eigenvalue weighted by Gasteiger charge is 2.22. The number of sulfonamides is 1. The Bertz CT molecular complexity index is 1020. The van der Waals surface area contributed by atoms with Crippen LogP contribution in [-0.4, -0.2) is 39.1 Å². The van der Waals surface area contributed by atoms with Crippen molar-refractivity contribution in [2.45, 2.75) is 30.6 Å². The molecule has 0 saturated heterocycles. The highest BCUT2D eigenvalue weighted by molar-refractivity contribution is 7.89. The van der Waals surface area contributed by atoms with Crippen LogP contribution in [0.5, 0.6) is 0 Å². The maximum absolute atomic E-state index is 12.6. The van der Waals surface area contributed by atoms with E-state index in [4.69, 9.17) is 0 Å². The molecule has 2 aromatic rings. The number of carbonyl (C=O) groups excluding carboxylic acids is 1. The van der Waals surface area contributed by atoms with Crippen LogP contribution in [0.25, 0.3) is 0 Å². The number of nitrogens with one attached hydrogen (secondary N) is 1. The second kappa shape index (κ2) is 7.80. The van der Waals surface area contributed by atoms with Crippen LogP contribution < -0.4 is 5.32 Å². The van der Waals surface area contributed by atoms with Crippen LogP contribution in [0.4, 0.5) is 5.00 Å². The molecule has 1 aliphatic carbocycles. The van der Waals surface area contributed by atoms with Crippen molar-refractivity contribution in [1.82, 2.24) is 4.31 Å². The van der Waals surface area contributed by atoms with Crippen LogP contribution >= 0.6 is 11.3 Å². The summed E-state index contributed by atoms with van der Waals surface area (Å²) in [6, 6.07) is 8.29. The maximum Gasteiger partial charge on any atom is 0.242 e. The Morgan fingerprint density at radius 1 is 1.30 bits per heavy atom. The van der Waals surface area contributed by atoms with Gasteiger partial charge in [-0.3, -0.25) is 4.79 Å². The van der Waals surface area contributed by atoms with Gasteiger partial charge in [0.1, 0.15) is 11.1 Å². The third kappa shape index (κ3) is 3.90. The lowest BCUT2D eigenvalue weighted by molar-refractivity contribution is 0.101. The predicted octanol–water partition coefficient (Wildman–Crippen LogP) is 3.04. The minimum absolute atomic E-state index is 0.0134. The van der Waals surface area contributed by atoms with Crippen molar-refractivity contribution in [2.24, 2.45) is 0 Å². The zero-order valence-electron chi connectivity index (χ0n) is 15.3. The highest BCUT2D eigenvalue weighted by atomic mass is 32.2. The first-order valence-electron chi connectivity index (χ1n) is 8.69. The largest absolute Gasteiger partial charge is 0.368 e. The summed E-state index contributed by atoms with van der Waals surface area (Å²) in [6.45, 7) is 0.0134. The molecule has 3 rings (SSSR count). The zero-order chi connectivity index (χ0) is 19.6. The molecule has 1 aromatic heterocycles. The van der Waals surface area contributed by atoms with Gasteiger partial charge in [0.15, 0.2) is 5.78 Å². The van der Waals surface area contributed by atoms with E-state index in [1.807, 2.05) is 0 Å². The fourth-order valence-electron chi connectivity index (χ4n) is 3.11. The van der Waals surface area contributed by atoms with Crippen LogP contribution in [0.15, 0.2) is 29.2 Å². The Morgan fingerprint density at radius 3 is 2.74 bits per heavy atom. The van der Waals surface area contributed by atoms with Gasteiger partial charge in [-0.1, -0.05) is 12.1 Å². The van der Waals surface area contributed by atoms with E-state index in [0.29, 0.717) is 11.1 Å². The van der Waals surface area contributed by atoms with E-state index in [0.717, 1.165) is 40.6 Å². The second-order valence-electron chi connectivity index (χ2n) is 6.62. The number of fused-ring (bicyclic) bond motifs is 1. The molecule has 0 radical (unpaired) electrons. The molecule has 0 saturated carbocycles. The molecule has 0 spiro atoms. The molecule has 0 fully saturated rings. The maximum atomic E-state index is 12.6. The lowest BCUT2D eigenvalue weighted by Crippen LogP contribution is -2.22. The van der Waals surface area contributed by atoms with Crippen molar-refractivity contribution in [3.05, 3.63) is 45.8 Å². The molecule has 27 heavy (non-hydrogen) atoms. The molecular formula is C19H21N3O3S2. The molecule has 1 heterocycles. The number of aryl methyl sites for hydroxylation is 1. The standard InChI is InChI=1S/C19H21N3O3S2/c1-22(2)27(24,25)14-7-5-6-13(10-14)17(23)12-21-19-16(11-20)15-8-3-4-9-18(15)26-19/h5-7,10,21H,3-4,8-9,12H2,1-2H3. The number of carbonyl (C=O) groups is 1. The Hall–Kier alpha value is -2.21. The number of benzene rings is 1. The van der Waals surface area contributed by atoms with Gasteiger partial charge in [0.25, 0.3) is 0 Å². The summed E-state index contributed by atoms with van der Waals surface area (Å²) in [4.78, 5) is 13.9. The molecular weight excluding hydrogens is 382 g/mol. The lowest BCUT2D eigenvalue weighted by Gasteiger charge is -2.12. The van der Waals surface area contributed by atoms with Gasteiger partial charge < -0.3 is 5.32 Å². The Morgan fingerprint density at radius 2 is 2.04 bits per heavy atom. The molecule has 0 amide bonds. The minimum Gasteiger partial charge on any atom is -0.368 e. The predicted molar refractivity (Wildman–Crippen MR) is 106 cm³/mol. The molecule has 142 valence electrons. The van der Waals surface area contributed by atoms with E-state index < -0.39 is 10.0 Å². The van der Waals surface area contributed by atoms with Crippen LogP contribution in [0.1, 0.15) is 39.2 Å². The Labute approximate surface area is 163 Å². The van der Waals surface area contributed by atoms with E-state index in [9.17, 15) is 18.5 Å². The Balaban J connectivity index is 1.78. The number of anilines is 1. The first-order valence-corrected chi connectivity index (χ1v) is 10.9. The van der Waals surface area contributed by atoms with Gasteiger partial charge in [-0.05, 0) is 43.4 Å². The van der Waals surface area contributed by atoms with Gasteiger partial charge in [-0.15, -0.1) is 11.3 Å². The minimum atomic E-state index is -3.59. The van der Waals surface area contributed by atoms with Crippen molar-refractivity contribution >= 4 is 32.1 Å². The van der Waals surface area contributed by atoms with Gasteiger partial charge in [0.05, 0.1) is 17.0 Å². The van der Waals surface area contributed by atoms with Crippen molar-refractivity contribution < 1.29 is 13.2 Å². The average Bonchev–Trinajstić information content (AvgIpc) is 3.03.